The molecule has 3 heterocycles. The predicted octanol–water partition coefficient (Wildman–Crippen LogP) is 4.68. The number of pyridine rings is 1. The van der Waals surface area contributed by atoms with Crippen molar-refractivity contribution in [2.45, 2.75) is 18.0 Å². The average Bonchev–Trinajstić information content (AvgIpc) is 2.91. The van der Waals surface area contributed by atoms with Gasteiger partial charge in [0.15, 0.2) is 11.3 Å². The second kappa shape index (κ2) is 6.12. The number of fused-ring (bicyclic) bond motifs is 1. The number of nitrogens with zero attached hydrogens (tertiary/aromatic N) is 4. The highest BCUT2D eigenvalue weighted by atomic mass is 79.9. The molecule has 0 bridgehead atoms. The van der Waals surface area contributed by atoms with Crippen LogP contribution < -0.4 is 0 Å². The quantitative estimate of drug-likeness (QED) is 0.596. The van der Waals surface area contributed by atoms with E-state index in [0.717, 1.165) is 25.7 Å². The lowest BCUT2D eigenvalue weighted by atomic mass is 10.2. The molecule has 0 radical (unpaired) electrons. The molecule has 0 aromatic carbocycles. The Bertz CT molecular complexity index is 863. The Kier molecular flexibility index (Phi) is 4.33. The summed E-state index contributed by atoms with van der Waals surface area (Å²) in [6.07, 6.45) is 0.164. The van der Waals surface area contributed by atoms with E-state index in [-0.39, 0.29) is 5.65 Å². The molecule has 0 saturated carbocycles. The molecular formula is C14H10BrF3N4S. The van der Waals surface area contributed by atoms with Crippen molar-refractivity contribution in [2.24, 2.45) is 0 Å². The third-order valence-corrected chi connectivity index (χ3v) is 4.34. The Balaban J connectivity index is 2.10. The van der Waals surface area contributed by atoms with Crippen molar-refractivity contribution in [1.29, 1.82) is 0 Å². The third-order valence-electron chi connectivity index (χ3n) is 3.00. The highest BCUT2D eigenvalue weighted by Crippen LogP contribution is 2.32. The van der Waals surface area contributed by atoms with Gasteiger partial charge in [0.2, 0.25) is 0 Å². The summed E-state index contributed by atoms with van der Waals surface area (Å²) in [5.74, 6) is 0.848. The van der Waals surface area contributed by atoms with Crippen LogP contribution in [0.25, 0.3) is 16.9 Å². The molecule has 0 aliphatic heterocycles. The van der Waals surface area contributed by atoms with Crippen LogP contribution in [0.1, 0.15) is 12.6 Å². The van der Waals surface area contributed by atoms with E-state index in [1.54, 1.807) is 18.0 Å². The van der Waals surface area contributed by atoms with Crippen LogP contribution in [0.4, 0.5) is 13.2 Å². The SMILES string of the molecule is CCSc1cc(Br)cnc1-c1cnc2cc(C(F)(F)F)nn2c1. The molecule has 0 amide bonds. The summed E-state index contributed by atoms with van der Waals surface area (Å²) in [7, 11) is 0. The molecule has 3 aromatic rings. The van der Waals surface area contributed by atoms with Crippen molar-refractivity contribution in [3.8, 4) is 11.3 Å². The standard InChI is InChI=1S/C14H10BrF3N4S/c1-2-23-10-3-9(15)6-20-13(10)8-5-19-12-4-11(14(16,17)18)21-22(12)7-8/h3-7H,2H2,1H3. The zero-order valence-electron chi connectivity index (χ0n) is 11.8. The van der Waals surface area contributed by atoms with Crippen LogP contribution >= 0.6 is 27.7 Å². The molecule has 0 aliphatic rings. The first-order valence-electron chi connectivity index (χ1n) is 6.60. The lowest BCUT2D eigenvalue weighted by Crippen LogP contribution is -2.05. The second-order valence-corrected chi connectivity index (χ2v) is 6.83. The summed E-state index contributed by atoms with van der Waals surface area (Å²) >= 11 is 4.97. The first-order valence-corrected chi connectivity index (χ1v) is 8.37. The summed E-state index contributed by atoms with van der Waals surface area (Å²) < 4.78 is 40.2. The Morgan fingerprint density at radius 1 is 1.22 bits per heavy atom. The van der Waals surface area contributed by atoms with Crippen LogP contribution in [0.2, 0.25) is 0 Å². The van der Waals surface area contributed by atoms with Crippen LogP contribution in [-0.4, -0.2) is 25.3 Å². The highest BCUT2D eigenvalue weighted by Gasteiger charge is 2.34. The molecule has 0 unspecified atom stereocenters. The smallest absolute Gasteiger partial charge is 0.254 e. The van der Waals surface area contributed by atoms with E-state index in [9.17, 15) is 13.2 Å². The Labute approximate surface area is 142 Å². The maximum Gasteiger partial charge on any atom is 0.435 e. The fraction of sp³-hybridized carbons (Fsp3) is 0.214. The average molecular weight is 403 g/mol. The van der Waals surface area contributed by atoms with Gasteiger partial charge in [-0.25, -0.2) is 9.50 Å². The zero-order chi connectivity index (χ0) is 16.6. The highest BCUT2D eigenvalue weighted by molar-refractivity contribution is 9.10. The molecule has 23 heavy (non-hydrogen) atoms. The van der Waals surface area contributed by atoms with Crippen LogP contribution in [0, 0.1) is 0 Å². The maximum absolute atomic E-state index is 12.7. The molecule has 4 nitrogen and oxygen atoms in total. The number of rotatable bonds is 3. The lowest BCUT2D eigenvalue weighted by molar-refractivity contribution is -0.141. The van der Waals surface area contributed by atoms with Gasteiger partial charge in [-0.2, -0.15) is 18.3 Å². The Hall–Kier alpha value is -1.61. The number of hydrogen-bond acceptors (Lipinski definition) is 4. The molecule has 0 fully saturated rings. The van der Waals surface area contributed by atoms with Crippen molar-refractivity contribution in [1.82, 2.24) is 19.6 Å². The zero-order valence-corrected chi connectivity index (χ0v) is 14.2. The van der Waals surface area contributed by atoms with Gasteiger partial charge >= 0.3 is 6.18 Å². The number of halogens is 4. The molecule has 3 aromatic heterocycles. The molecule has 120 valence electrons. The Morgan fingerprint density at radius 3 is 2.70 bits per heavy atom. The van der Waals surface area contributed by atoms with Gasteiger partial charge in [-0.05, 0) is 27.7 Å². The van der Waals surface area contributed by atoms with Crippen LogP contribution in [0.3, 0.4) is 0 Å². The van der Waals surface area contributed by atoms with E-state index in [1.807, 2.05) is 13.0 Å². The molecule has 0 saturated heterocycles. The first kappa shape index (κ1) is 16.3. The summed E-state index contributed by atoms with van der Waals surface area (Å²) in [4.78, 5) is 9.34. The van der Waals surface area contributed by atoms with Crippen molar-refractivity contribution < 1.29 is 13.2 Å². The summed E-state index contributed by atoms with van der Waals surface area (Å²) in [6, 6.07) is 2.84. The molecule has 3 rings (SSSR count). The van der Waals surface area contributed by atoms with Crippen molar-refractivity contribution in [3.63, 3.8) is 0 Å². The molecule has 0 aliphatic carbocycles. The summed E-state index contributed by atoms with van der Waals surface area (Å²) in [5, 5.41) is 3.55. The minimum atomic E-state index is -4.49. The van der Waals surface area contributed by atoms with Crippen molar-refractivity contribution in [3.05, 3.63) is 40.9 Å². The van der Waals surface area contributed by atoms with Crippen molar-refractivity contribution >= 4 is 33.3 Å². The fourth-order valence-corrected chi connectivity index (χ4v) is 3.35. The maximum atomic E-state index is 12.7. The normalized spacial score (nSPS) is 12.0. The van der Waals surface area contributed by atoms with Crippen LogP contribution in [0.5, 0.6) is 0 Å². The van der Waals surface area contributed by atoms with Gasteiger partial charge in [-0.1, -0.05) is 6.92 Å². The molecule has 0 N–H and O–H groups in total. The van der Waals surface area contributed by atoms with E-state index in [2.05, 4.69) is 31.0 Å². The van der Waals surface area contributed by atoms with Crippen LogP contribution in [0.15, 0.2) is 40.1 Å². The number of alkyl halides is 3. The minimum Gasteiger partial charge on any atom is -0.254 e. The molecular weight excluding hydrogens is 393 g/mol. The lowest BCUT2D eigenvalue weighted by Gasteiger charge is -2.08. The molecule has 0 spiro atoms. The summed E-state index contributed by atoms with van der Waals surface area (Å²) in [6.45, 7) is 2.01. The van der Waals surface area contributed by atoms with E-state index in [0.29, 0.717) is 11.3 Å². The number of thioether (sulfide) groups is 1. The van der Waals surface area contributed by atoms with E-state index in [4.69, 9.17) is 0 Å². The second-order valence-electron chi connectivity index (χ2n) is 4.61. The molecule has 0 atom stereocenters. The van der Waals surface area contributed by atoms with Gasteiger partial charge < -0.3 is 0 Å². The monoisotopic (exact) mass is 402 g/mol. The van der Waals surface area contributed by atoms with E-state index >= 15 is 0 Å². The van der Waals surface area contributed by atoms with E-state index in [1.165, 1.54) is 12.4 Å². The number of aromatic nitrogens is 4. The van der Waals surface area contributed by atoms with Gasteiger partial charge in [0.1, 0.15) is 0 Å². The third kappa shape index (κ3) is 3.35. The minimum absolute atomic E-state index is 0.142. The van der Waals surface area contributed by atoms with Gasteiger partial charge in [-0.3, -0.25) is 4.98 Å². The van der Waals surface area contributed by atoms with Gasteiger partial charge in [0.05, 0.1) is 5.69 Å². The van der Waals surface area contributed by atoms with E-state index < -0.39 is 11.9 Å². The fourth-order valence-electron chi connectivity index (χ4n) is 2.04. The topological polar surface area (TPSA) is 43.1 Å². The first-order chi connectivity index (χ1) is 10.9. The van der Waals surface area contributed by atoms with Crippen molar-refractivity contribution in [2.75, 3.05) is 5.75 Å². The van der Waals surface area contributed by atoms with Gasteiger partial charge in [-0.15, -0.1) is 11.8 Å². The van der Waals surface area contributed by atoms with Gasteiger partial charge in [0.25, 0.3) is 0 Å². The molecule has 9 heteroatoms. The van der Waals surface area contributed by atoms with Gasteiger partial charge in [0, 0.05) is 39.6 Å². The number of hydrogen-bond donors (Lipinski definition) is 0. The predicted molar refractivity (Wildman–Crippen MR) is 85.3 cm³/mol. The van der Waals surface area contributed by atoms with Crippen LogP contribution in [-0.2, 0) is 6.18 Å². The largest absolute Gasteiger partial charge is 0.435 e. The Morgan fingerprint density at radius 2 is 2.00 bits per heavy atom. The summed E-state index contributed by atoms with van der Waals surface area (Å²) in [5.41, 5.74) is 0.452.